The molecular weight excluding hydrogens is 256 g/mol. The Balaban J connectivity index is 1.95. The van der Waals surface area contributed by atoms with Crippen molar-refractivity contribution in [3.05, 3.63) is 23.9 Å². The number of hydrogen-bond donors (Lipinski definition) is 1. The van der Waals surface area contributed by atoms with Crippen molar-refractivity contribution in [3.63, 3.8) is 0 Å². The summed E-state index contributed by atoms with van der Waals surface area (Å²) in [5, 5.41) is 9.11. The molecular formula is C15H22N2O3. The van der Waals surface area contributed by atoms with Gasteiger partial charge in [-0.2, -0.15) is 0 Å². The topological polar surface area (TPSA) is 62.7 Å². The quantitative estimate of drug-likeness (QED) is 0.910. The molecule has 2 heterocycles. The number of aromatic nitrogens is 1. The summed E-state index contributed by atoms with van der Waals surface area (Å²) in [5.41, 5.74) is 0.587. The number of aliphatic hydroxyl groups excluding tert-OH is 1. The number of carbonyl (C=O) groups excluding carboxylic acids is 1. The number of aliphatic hydroxyl groups is 1. The second kappa shape index (κ2) is 6.70. The predicted molar refractivity (Wildman–Crippen MR) is 75.7 cm³/mol. The molecule has 1 N–H and O–H groups in total. The molecule has 20 heavy (non-hydrogen) atoms. The van der Waals surface area contributed by atoms with E-state index in [-0.39, 0.29) is 18.6 Å². The van der Waals surface area contributed by atoms with Crippen molar-refractivity contribution in [1.29, 1.82) is 0 Å². The Labute approximate surface area is 119 Å². The number of likely N-dealkylation sites (tertiary alicyclic amines) is 1. The molecule has 0 bridgehead atoms. The number of nitrogens with zero attached hydrogens (tertiary/aromatic N) is 2. The Kier molecular flexibility index (Phi) is 4.95. The van der Waals surface area contributed by atoms with Crippen molar-refractivity contribution < 1.29 is 14.6 Å². The van der Waals surface area contributed by atoms with E-state index in [1.807, 2.05) is 18.7 Å². The van der Waals surface area contributed by atoms with Crippen molar-refractivity contribution in [3.8, 4) is 5.88 Å². The van der Waals surface area contributed by atoms with Crippen LogP contribution in [0.4, 0.5) is 0 Å². The number of carbonyl (C=O) groups is 1. The van der Waals surface area contributed by atoms with Crippen LogP contribution < -0.4 is 4.74 Å². The molecule has 110 valence electrons. The van der Waals surface area contributed by atoms with Gasteiger partial charge in [0.25, 0.3) is 5.91 Å². The average molecular weight is 278 g/mol. The maximum absolute atomic E-state index is 12.3. The Morgan fingerprint density at radius 2 is 2.15 bits per heavy atom. The molecule has 1 aliphatic rings. The van der Waals surface area contributed by atoms with Gasteiger partial charge in [0.2, 0.25) is 5.88 Å². The molecule has 0 spiro atoms. The van der Waals surface area contributed by atoms with Crippen LogP contribution >= 0.6 is 0 Å². The largest absolute Gasteiger partial charge is 0.475 e. The minimum absolute atomic E-state index is 0.00462. The molecule has 1 fully saturated rings. The minimum atomic E-state index is 0.00462. The molecule has 0 radical (unpaired) electrons. The summed E-state index contributed by atoms with van der Waals surface area (Å²) in [4.78, 5) is 18.3. The van der Waals surface area contributed by atoms with Crippen LogP contribution in [0.5, 0.6) is 5.88 Å². The van der Waals surface area contributed by atoms with Gasteiger partial charge in [-0.1, -0.05) is 0 Å². The monoisotopic (exact) mass is 278 g/mol. The zero-order valence-electron chi connectivity index (χ0n) is 12.1. The van der Waals surface area contributed by atoms with Gasteiger partial charge in [0, 0.05) is 32.0 Å². The Morgan fingerprint density at radius 3 is 2.65 bits per heavy atom. The van der Waals surface area contributed by atoms with E-state index in [0.717, 1.165) is 12.8 Å². The molecule has 0 unspecified atom stereocenters. The lowest BCUT2D eigenvalue weighted by molar-refractivity contribution is 0.0650. The van der Waals surface area contributed by atoms with Crippen molar-refractivity contribution in [2.24, 2.45) is 5.92 Å². The molecule has 1 aliphatic heterocycles. The molecule has 5 heteroatoms. The SMILES string of the molecule is CC(C)Oc1ccc(C(=O)N2CCC(CO)CC2)cn1. The Bertz CT molecular complexity index is 437. The van der Waals surface area contributed by atoms with Crippen LogP contribution in [-0.4, -0.2) is 46.7 Å². The van der Waals surface area contributed by atoms with Gasteiger partial charge >= 0.3 is 0 Å². The smallest absolute Gasteiger partial charge is 0.255 e. The highest BCUT2D eigenvalue weighted by Gasteiger charge is 2.23. The highest BCUT2D eigenvalue weighted by molar-refractivity contribution is 5.94. The molecule has 0 atom stereocenters. The van der Waals surface area contributed by atoms with Crippen molar-refractivity contribution in [2.75, 3.05) is 19.7 Å². The lowest BCUT2D eigenvalue weighted by Gasteiger charge is -2.31. The fraction of sp³-hybridized carbons (Fsp3) is 0.600. The lowest BCUT2D eigenvalue weighted by Crippen LogP contribution is -2.39. The fourth-order valence-corrected chi connectivity index (χ4v) is 2.32. The van der Waals surface area contributed by atoms with Crippen molar-refractivity contribution in [2.45, 2.75) is 32.8 Å². The van der Waals surface area contributed by atoms with Gasteiger partial charge in [-0.05, 0) is 38.7 Å². The standard InChI is InChI=1S/C15H22N2O3/c1-11(2)20-14-4-3-13(9-16-14)15(19)17-7-5-12(10-18)6-8-17/h3-4,9,11-12,18H,5-8,10H2,1-2H3. The van der Waals surface area contributed by atoms with Crippen LogP contribution in [0, 0.1) is 5.92 Å². The lowest BCUT2D eigenvalue weighted by atomic mass is 9.97. The van der Waals surface area contributed by atoms with Gasteiger partial charge in [0.05, 0.1) is 11.7 Å². The zero-order valence-corrected chi connectivity index (χ0v) is 12.1. The van der Waals surface area contributed by atoms with Gasteiger partial charge in [0.1, 0.15) is 0 Å². The number of pyridine rings is 1. The van der Waals surface area contributed by atoms with E-state index < -0.39 is 0 Å². The van der Waals surface area contributed by atoms with E-state index >= 15 is 0 Å². The molecule has 1 aromatic rings. The molecule has 1 amide bonds. The summed E-state index contributed by atoms with van der Waals surface area (Å²) in [5.74, 6) is 0.875. The van der Waals surface area contributed by atoms with Crippen LogP contribution in [0.3, 0.4) is 0 Å². The average Bonchev–Trinajstić information content (AvgIpc) is 2.47. The molecule has 1 aromatic heterocycles. The normalized spacial score (nSPS) is 16.5. The van der Waals surface area contributed by atoms with Crippen molar-refractivity contribution in [1.82, 2.24) is 9.88 Å². The minimum Gasteiger partial charge on any atom is -0.475 e. The van der Waals surface area contributed by atoms with Gasteiger partial charge in [-0.3, -0.25) is 4.79 Å². The van der Waals surface area contributed by atoms with E-state index in [2.05, 4.69) is 4.98 Å². The molecule has 2 rings (SSSR count). The van der Waals surface area contributed by atoms with E-state index in [1.54, 1.807) is 18.3 Å². The first-order valence-electron chi connectivity index (χ1n) is 7.13. The summed E-state index contributed by atoms with van der Waals surface area (Å²) < 4.78 is 5.46. The van der Waals surface area contributed by atoms with E-state index in [9.17, 15) is 4.79 Å². The molecule has 0 aromatic carbocycles. The summed E-state index contributed by atoms with van der Waals surface area (Å²) in [6.07, 6.45) is 3.37. The maximum Gasteiger partial charge on any atom is 0.255 e. The summed E-state index contributed by atoms with van der Waals surface area (Å²) >= 11 is 0. The van der Waals surface area contributed by atoms with Crippen molar-refractivity contribution >= 4 is 5.91 Å². The van der Waals surface area contributed by atoms with Crippen LogP contribution in [0.2, 0.25) is 0 Å². The predicted octanol–water partition coefficient (Wildman–Crippen LogP) is 1.71. The highest BCUT2D eigenvalue weighted by atomic mass is 16.5. The number of rotatable bonds is 4. The fourth-order valence-electron chi connectivity index (χ4n) is 2.32. The van der Waals surface area contributed by atoms with Crippen LogP contribution in [0.1, 0.15) is 37.0 Å². The molecule has 0 saturated carbocycles. The zero-order chi connectivity index (χ0) is 14.5. The number of hydrogen-bond acceptors (Lipinski definition) is 4. The van der Waals surface area contributed by atoms with Crippen LogP contribution in [-0.2, 0) is 0 Å². The van der Waals surface area contributed by atoms with E-state index in [4.69, 9.17) is 9.84 Å². The third kappa shape index (κ3) is 3.70. The second-order valence-electron chi connectivity index (χ2n) is 5.47. The third-order valence-electron chi connectivity index (χ3n) is 3.50. The Hall–Kier alpha value is -1.62. The van der Waals surface area contributed by atoms with Gasteiger partial charge < -0.3 is 14.7 Å². The van der Waals surface area contributed by atoms with Gasteiger partial charge in [-0.15, -0.1) is 0 Å². The van der Waals surface area contributed by atoms with Gasteiger partial charge in [0.15, 0.2) is 0 Å². The van der Waals surface area contributed by atoms with Crippen LogP contribution in [0.15, 0.2) is 18.3 Å². The number of amides is 1. The summed E-state index contributed by atoms with van der Waals surface area (Å²) in [7, 11) is 0. The van der Waals surface area contributed by atoms with Crippen LogP contribution in [0.25, 0.3) is 0 Å². The third-order valence-corrected chi connectivity index (χ3v) is 3.50. The molecule has 5 nitrogen and oxygen atoms in total. The first-order chi connectivity index (χ1) is 9.60. The summed E-state index contributed by atoms with van der Waals surface area (Å²) in [6, 6.07) is 3.49. The first-order valence-corrected chi connectivity index (χ1v) is 7.13. The number of piperidine rings is 1. The van der Waals surface area contributed by atoms with E-state index in [1.165, 1.54) is 0 Å². The Morgan fingerprint density at radius 1 is 1.45 bits per heavy atom. The second-order valence-corrected chi connectivity index (χ2v) is 5.47. The summed E-state index contributed by atoms with van der Waals surface area (Å²) in [6.45, 7) is 5.49. The van der Waals surface area contributed by atoms with Gasteiger partial charge in [-0.25, -0.2) is 4.98 Å². The highest BCUT2D eigenvalue weighted by Crippen LogP contribution is 2.19. The first kappa shape index (κ1) is 14.8. The number of ether oxygens (including phenoxy) is 1. The molecule has 1 saturated heterocycles. The van der Waals surface area contributed by atoms with E-state index in [0.29, 0.717) is 30.5 Å². The molecule has 0 aliphatic carbocycles. The maximum atomic E-state index is 12.3.